The van der Waals surface area contributed by atoms with E-state index in [0.29, 0.717) is 5.92 Å². The predicted molar refractivity (Wildman–Crippen MR) is 69.4 cm³/mol. The first-order valence-electron chi connectivity index (χ1n) is 6.55. The van der Waals surface area contributed by atoms with Crippen LogP contribution in [0.5, 0.6) is 0 Å². The second kappa shape index (κ2) is 5.85. The van der Waals surface area contributed by atoms with E-state index in [2.05, 4.69) is 12.2 Å². The molecule has 4 nitrogen and oxygen atoms in total. The van der Waals surface area contributed by atoms with Gasteiger partial charge in [-0.2, -0.15) is 0 Å². The number of hydrogen-bond acceptors (Lipinski definition) is 2. The lowest BCUT2D eigenvalue weighted by Gasteiger charge is -2.33. The highest BCUT2D eigenvalue weighted by Crippen LogP contribution is 2.16. The molecule has 2 rings (SSSR count). The highest BCUT2D eigenvalue weighted by molar-refractivity contribution is 7.85. The maximum absolute atomic E-state index is 12.0. The Hall–Kier alpha value is -0.580. The third-order valence-electron chi connectivity index (χ3n) is 3.66. The van der Waals surface area contributed by atoms with E-state index in [0.717, 1.165) is 43.9 Å². The minimum Gasteiger partial charge on any atom is -0.335 e. The number of piperidine rings is 1. The maximum atomic E-state index is 12.0. The van der Waals surface area contributed by atoms with Crippen molar-refractivity contribution < 1.29 is 9.00 Å². The second-order valence-corrected chi connectivity index (χ2v) is 6.96. The molecule has 5 heteroatoms. The van der Waals surface area contributed by atoms with Gasteiger partial charge in [-0.25, -0.2) is 4.79 Å². The first-order chi connectivity index (χ1) is 8.15. The van der Waals surface area contributed by atoms with E-state index in [1.54, 1.807) is 0 Å². The zero-order valence-electron chi connectivity index (χ0n) is 10.5. The van der Waals surface area contributed by atoms with Crippen LogP contribution in [-0.4, -0.2) is 45.8 Å². The van der Waals surface area contributed by atoms with Gasteiger partial charge < -0.3 is 10.2 Å². The van der Waals surface area contributed by atoms with Crippen molar-refractivity contribution in [3.63, 3.8) is 0 Å². The summed E-state index contributed by atoms with van der Waals surface area (Å²) in [5.74, 6) is 2.09. The molecule has 0 aliphatic carbocycles. The molecule has 2 saturated heterocycles. The fraction of sp³-hybridized carbons (Fsp3) is 0.917. The van der Waals surface area contributed by atoms with Crippen molar-refractivity contribution in [1.29, 1.82) is 0 Å². The van der Waals surface area contributed by atoms with Gasteiger partial charge in [-0.15, -0.1) is 0 Å². The van der Waals surface area contributed by atoms with Gasteiger partial charge in [0.15, 0.2) is 0 Å². The molecule has 98 valence electrons. The molecule has 1 N–H and O–H groups in total. The third kappa shape index (κ3) is 3.69. The van der Waals surface area contributed by atoms with Crippen LogP contribution < -0.4 is 5.32 Å². The van der Waals surface area contributed by atoms with Crippen LogP contribution in [0.3, 0.4) is 0 Å². The predicted octanol–water partition coefficient (Wildman–Crippen LogP) is 1.34. The van der Waals surface area contributed by atoms with Crippen LogP contribution in [0.2, 0.25) is 0 Å². The Balaban J connectivity index is 1.78. The molecular formula is C12H22N2O2S. The Bertz CT molecular complexity index is 299. The summed E-state index contributed by atoms with van der Waals surface area (Å²) in [5, 5.41) is 3.08. The standard InChI is InChI=1S/C12H22N2O2S/c1-10-3-2-6-14(9-10)12(15)13-11-4-7-17(16)8-5-11/h10-11H,2-9H2,1H3,(H,13,15). The van der Waals surface area contributed by atoms with Gasteiger partial charge in [-0.05, 0) is 31.6 Å². The van der Waals surface area contributed by atoms with Gasteiger partial charge in [0, 0.05) is 41.4 Å². The van der Waals surface area contributed by atoms with E-state index in [9.17, 15) is 9.00 Å². The molecule has 2 amide bonds. The first-order valence-corrected chi connectivity index (χ1v) is 8.04. The van der Waals surface area contributed by atoms with E-state index < -0.39 is 10.8 Å². The molecule has 0 saturated carbocycles. The molecule has 0 bridgehead atoms. The van der Waals surface area contributed by atoms with Crippen molar-refractivity contribution in [2.24, 2.45) is 5.92 Å². The molecular weight excluding hydrogens is 236 g/mol. The second-order valence-electron chi connectivity index (χ2n) is 5.27. The smallest absolute Gasteiger partial charge is 0.317 e. The summed E-state index contributed by atoms with van der Waals surface area (Å²) in [5.41, 5.74) is 0. The average Bonchev–Trinajstić information content (AvgIpc) is 2.32. The lowest BCUT2D eigenvalue weighted by molar-refractivity contribution is 0.165. The monoisotopic (exact) mass is 258 g/mol. The Kier molecular flexibility index (Phi) is 4.42. The van der Waals surface area contributed by atoms with E-state index in [4.69, 9.17) is 0 Å². The largest absolute Gasteiger partial charge is 0.335 e. The van der Waals surface area contributed by atoms with Gasteiger partial charge in [-0.1, -0.05) is 6.92 Å². The van der Waals surface area contributed by atoms with Crippen LogP contribution in [-0.2, 0) is 10.8 Å². The molecule has 0 radical (unpaired) electrons. The van der Waals surface area contributed by atoms with Crippen LogP contribution in [0.4, 0.5) is 4.79 Å². The summed E-state index contributed by atoms with van der Waals surface area (Å²) in [7, 11) is -0.651. The Morgan fingerprint density at radius 2 is 2.00 bits per heavy atom. The lowest BCUT2D eigenvalue weighted by Crippen LogP contribution is -2.49. The van der Waals surface area contributed by atoms with Gasteiger partial charge in [0.25, 0.3) is 0 Å². The maximum Gasteiger partial charge on any atom is 0.317 e. The van der Waals surface area contributed by atoms with Crippen LogP contribution in [0, 0.1) is 5.92 Å². The number of carbonyl (C=O) groups is 1. The van der Waals surface area contributed by atoms with E-state index in [-0.39, 0.29) is 12.1 Å². The summed E-state index contributed by atoms with van der Waals surface area (Å²) >= 11 is 0. The van der Waals surface area contributed by atoms with Gasteiger partial charge in [0.05, 0.1) is 0 Å². The van der Waals surface area contributed by atoms with Crippen LogP contribution in [0.15, 0.2) is 0 Å². The van der Waals surface area contributed by atoms with Gasteiger partial charge in [0.2, 0.25) is 0 Å². The molecule has 0 aromatic heterocycles. The summed E-state index contributed by atoms with van der Waals surface area (Å²) in [6.45, 7) is 3.96. The van der Waals surface area contributed by atoms with E-state index in [1.807, 2.05) is 4.90 Å². The normalized spacial score (nSPS) is 34.4. The fourth-order valence-electron chi connectivity index (χ4n) is 2.58. The number of rotatable bonds is 1. The number of urea groups is 1. The molecule has 0 spiro atoms. The minimum atomic E-state index is -0.651. The SMILES string of the molecule is CC1CCCN(C(=O)NC2CCS(=O)CC2)C1. The number of likely N-dealkylation sites (tertiary alicyclic amines) is 1. The third-order valence-corrected chi connectivity index (χ3v) is 5.04. The quantitative estimate of drug-likeness (QED) is 0.771. The fourth-order valence-corrected chi connectivity index (χ4v) is 3.88. The number of hydrogen-bond donors (Lipinski definition) is 1. The Morgan fingerprint density at radius 1 is 1.29 bits per heavy atom. The van der Waals surface area contributed by atoms with Crippen molar-refractivity contribution in [2.45, 2.75) is 38.6 Å². The average molecular weight is 258 g/mol. The zero-order chi connectivity index (χ0) is 12.3. The molecule has 2 aliphatic heterocycles. The summed E-state index contributed by atoms with van der Waals surface area (Å²) in [4.78, 5) is 14.0. The number of amides is 2. The molecule has 2 heterocycles. The Morgan fingerprint density at radius 3 is 2.65 bits per heavy atom. The van der Waals surface area contributed by atoms with Crippen molar-refractivity contribution in [3.05, 3.63) is 0 Å². The molecule has 1 atom stereocenters. The number of carbonyl (C=O) groups excluding carboxylic acids is 1. The van der Waals surface area contributed by atoms with Gasteiger partial charge in [0.1, 0.15) is 0 Å². The highest BCUT2D eigenvalue weighted by atomic mass is 32.2. The summed E-state index contributed by atoms with van der Waals surface area (Å²) in [6.07, 6.45) is 4.07. The topological polar surface area (TPSA) is 49.4 Å². The van der Waals surface area contributed by atoms with Crippen LogP contribution in [0.1, 0.15) is 32.6 Å². The molecule has 2 aliphatic rings. The van der Waals surface area contributed by atoms with Gasteiger partial charge in [-0.3, -0.25) is 4.21 Å². The molecule has 2 fully saturated rings. The molecule has 0 aromatic carbocycles. The van der Waals surface area contributed by atoms with Crippen LogP contribution >= 0.6 is 0 Å². The van der Waals surface area contributed by atoms with Crippen molar-refractivity contribution in [2.75, 3.05) is 24.6 Å². The van der Waals surface area contributed by atoms with Crippen molar-refractivity contribution >= 4 is 16.8 Å². The van der Waals surface area contributed by atoms with Crippen molar-refractivity contribution in [3.8, 4) is 0 Å². The highest BCUT2D eigenvalue weighted by Gasteiger charge is 2.24. The number of nitrogens with zero attached hydrogens (tertiary/aromatic N) is 1. The summed E-state index contributed by atoms with van der Waals surface area (Å²) in [6, 6.07) is 0.312. The van der Waals surface area contributed by atoms with Crippen molar-refractivity contribution in [1.82, 2.24) is 10.2 Å². The van der Waals surface area contributed by atoms with E-state index >= 15 is 0 Å². The van der Waals surface area contributed by atoms with Crippen LogP contribution in [0.25, 0.3) is 0 Å². The van der Waals surface area contributed by atoms with Gasteiger partial charge >= 0.3 is 6.03 Å². The minimum absolute atomic E-state index is 0.0780. The molecule has 0 aromatic rings. The lowest BCUT2D eigenvalue weighted by atomic mass is 10.0. The molecule has 1 unspecified atom stereocenters. The molecule has 17 heavy (non-hydrogen) atoms. The number of nitrogens with one attached hydrogen (secondary N) is 1. The Labute approximate surface area is 106 Å². The zero-order valence-corrected chi connectivity index (χ0v) is 11.3. The first kappa shape index (κ1) is 12.9. The van der Waals surface area contributed by atoms with E-state index in [1.165, 1.54) is 6.42 Å². The summed E-state index contributed by atoms with van der Waals surface area (Å²) < 4.78 is 11.2.